The molecule has 1 fully saturated rings. The number of halogens is 1. The fourth-order valence-electron chi connectivity index (χ4n) is 3.29. The summed E-state index contributed by atoms with van der Waals surface area (Å²) < 4.78 is 1.34. The summed E-state index contributed by atoms with van der Waals surface area (Å²) in [5.41, 5.74) is 5.23. The highest BCUT2D eigenvalue weighted by molar-refractivity contribution is 9.10. The maximum Gasteiger partial charge on any atom is 0.0215 e. The molecule has 1 heteroatoms. The predicted octanol–water partition coefficient (Wildman–Crippen LogP) is 3.98. The van der Waals surface area contributed by atoms with Gasteiger partial charge >= 0.3 is 0 Å². The maximum absolute atomic E-state index is 3.72. The Morgan fingerprint density at radius 3 is 2.86 bits per heavy atom. The van der Waals surface area contributed by atoms with E-state index in [0.29, 0.717) is 5.41 Å². The molecular weight excluding hydrogens is 236 g/mol. The second-order valence-electron chi connectivity index (χ2n) is 5.08. The van der Waals surface area contributed by atoms with Crippen LogP contribution >= 0.6 is 15.9 Å². The van der Waals surface area contributed by atoms with Gasteiger partial charge in [-0.05, 0) is 60.3 Å². The number of hydrogen-bond acceptors (Lipinski definition) is 0. The number of fused-ring (bicyclic) bond motifs is 3. The molecule has 2 unspecified atom stereocenters. The average Bonchev–Trinajstić information content (AvgIpc) is 2.34. The van der Waals surface area contributed by atoms with Crippen molar-refractivity contribution in [1.29, 1.82) is 0 Å². The first kappa shape index (κ1) is 8.96. The molecule has 0 radical (unpaired) electrons. The summed E-state index contributed by atoms with van der Waals surface area (Å²) in [5.74, 6) is 0.926. The first-order valence-corrected chi connectivity index (χ1v) is 6.20. The highest BCUT2D eigenvalue weighted by atomic mass is 79.9. The van der Waals surface area contributed by atoms with Crippen LogP contribution in [0.2, 0.25) is 0 Å². The monoisotopic (exact) mass is 250 g/mol. The van der Waals surface area contributed by atoms with Crippen LogP contribution in [0.15, 0.2) is 16.6 Å². The fraction of sp³-hybridized carbons (Fsp3) is 0.538. The molecule has 2 aliphatic carbocycles. The van der Waals surface area contributed by atoms with Crippen LogP contribution in [-0.4, -0.2) is 0 Å². The van der Waals surface area contributed by atoms with Crippen LogP contribution in [0.4, 0.5) is 0 Å². The highest BCUT2D eigenvalue weighted by Crippen LogP contribution is 2.58. The van der Waals surface area contributed by atoms with E-state index in [4.69, 9.17) is 0 Å². The molecule has 1 aromatic rings. The molecule has 74 valence electrons. The standard InChI is InChI=1S/C13H15Br/c1-8-3-4-11(14)12-10(8)7-9-5-6-13(9,12)2/h3-4,9H,5-7H2,1-2H3. The Hall–Kier alpha value is -0.300. The Labute approximate surface area is 93.8 Å². The van der Waals surface area contributed by atoms with Crippen molar-refractivity contribution in [3.05, 3.63) is 33.3 Å². The molecule has 0 saturated heterocycles. The second kappa shape index (κ2) is 2.63. The molecule has 0 spiro atoms. The average molecular weight is 251 g/mol. The zero-order chi connectivity index (χ0) is 9.92. The molecule has 0 N–H and O–H groups in total. The Balaban J connectivity index is 2.27. The van der Waals surface area contributed by atoms with E-state index in [1.807, 2.05) is 0 Å². The third-order valence-corrected chi connectivity index (χ3v) is 5.09. The molecule has 0 amide bonds. The minimum atomic E-state index is 0.500. The van der Waals surface area contributed by atoms with E-state index in [9.17, 15) is 0 Å². The van der Waals surface area contributed by atoms with Crippen LogP contribution in [0.25, 0.3) is 0 Å². The van der Waals surface area contributed by atoms with Crippen LogP contribution in [0.3, 0.4) is 0 Å². The van der Waals surface area contributed by atoms with E-state index in [2.05, 4.69) is 41.9 Å². The fourth-order valence-corrected chi connectivity index (χ4v) is 4.11. The van der Waals surface area contributed by atoms with Crippen LogP contribution in [0, 0.1) is 12.8 Å². The van der Waals surface area contributed by atoms with Crippen molar-refractivity contribution in [2.45, 2.75) is 38.5 Å². The SMILES string of the molecule is Cc1ccc(Br)c2c1CC1CCC21C. The summed E-state index contributed by atoms with van der Waals surface area (Å²) >= 11 is 3.72. The van der Waals surface area contributed by atoms with Crippen LogP contribution in [-0.2, 0) is 11.8 Å². The molecule has 0 aliphatic heterocycles. The smallest absolute Gasteiger partial charge is 0.0215 e. The number of benzene rings is 1. The van der Waals surface area contributed by atoms with Gasteiger partial charge in [0.05, 0.1) is 0 Å². The van der Waals surface area contributed by atoms with E-state index in [1.165, 1.54) is 29.3 Å². The van der Waals surface area contributed by atoms with E-state index >= 15 is 0 Å². The molecule has 0 bridgehead atoms. The van der Waals surface area contributed by atoms with Gasteiger partial charge in [-0.25, -0.2) is 0 Å². The third kappa shape index (κ3) is 0.894. The van der Waals surface area contributed by atoms with Gasteiger partial charge in [0.1, 0.15) is 0 Å². The van der Waals surface area contributed by atoms with E-state index < -0.39 is 0 Å². The van der Waals surface area contributed by atoms with Gasteiger partial charge in [-0.3, -0.25) is 0 Å². The van der Waals surface area contributed by atoms with Gasteiger partial charge in [0, 0.05) is 4.47 Å². The predicted molar refractivity (Wildman–Crippen MR) is 62.7 cm³/mol. The topological polar surface area (TPSA) is 0 Å². The van der Waals surface area contributed by atoms with Gasteiger partial charge in [-0.2, -0.15) is 0 Å². The summed E-state index contributed by atoms with van der Waals surface area (Å²) in [5, 5.41) is 0. The Bertz CT molecular complexity index is 408. The lowest BCUT2D eigenvalue weighted by atomic mass is 9.61. The van der Waals surface area contributed by atoms with Crippen molar-refractivity contribution in [3.63, 3.8) is 0 Å². The summed E-state index contributed by atoms with van der Waals surface area (Å²) in [6, 6.07) is 4.47. The molecule has 0 aromatic heterocycles. The molecule has 0 nitrogen and oxygen atoms in total. The van der Waals surface area contributed by atoms with E-state index in [0.717, 1.165) is 5.92 Å². The normalized spacial score (nSPS) is 33.5. The zero-order valence-corrected chi connectivity index (χ0v) is 10.3. The van der Waals surface area contributed by atoms with Crippen molar-refractivity contribution in [2.24, 2.45) is 5.92 Å². The van der Waals surface area contributed by atoms with Crippen molar-refractivity contribution in [1.82, 2.24) is 0 Å². The quantitative estimate of drug-likeness (QED) is 0.654. The Morgan fingerprint density at radius 2 is 2.21 bits per heavy atom. The molecular formula is C13H15Br. The Morgan fingerprint density at radius 1 is 1.43 bits per heavy atom. The first-order valence-electron chi connectivity index (χ1n) is 5.41. The maximum atomic E-state index is 3.72. The zero-order valence-electron chi connectivity index (χ0n) is 8.73. The lowest BCUT2D eigenvalue weighted by Crippen LogP contribution is -2.38. The van der Waals surface area contributed by atoms with Gasteiger partial charge < -0.3 is 0 Å². The van der Waals surface area contributed by atoms with Gasteiger partial charge in [0.25, 0.3) is 0 Å². The molecule has 0 heterocycles. The second-order valence-corrected chi connectivity index (χ2v) is 5.93. The molecule has 14 heavy (non-hydrogen) atoms. The largest absolute Gasteiger partial charge is 0.0579 e. The van der Waals surface area contributed by atoms with Crippen molar-refractivity contribution in [2.75, 3.05) is 0 Å². The number of hydrogen-bond donors (Lipinski definition) is 0. The van der Waals surface area contributed by atoms with Gasteiger partial charge in [-0.1, -0.05) is 28.9 Å². The Kier molecular flexibility index (Phi) is 1.69. The highest BCUT2D eigenvalue weighted by Gasteiger charge is 2.50. The minimum absolute atomic E-state index is 0.500. The molecule has 2 aliphatic rings. The number of rotatable bonds is 0. The third-order valence-electron chi connectivity index (χ3n) is 4.43. The van der Waals surface area contributed by atoms with Crippen LogP contribution < -0.4 is 0 Å². The summed E-state index contributed by atoms with van der Waals surface area (Å²) in [4.78, 5) is 0. The number of aryl methyl sites for hydroxylation is 1. The molecule has 2 atom stereocenters. The van der Waals surface area contributed by atoms with E-state index in [-0.39, 0.29) is 0 Å². The molecule has 1 saturated carbocycles. The van der Waals surface area contributed by atoms with Crippen molar-refractivity contribution in [3.8, 4) is 0 Å². The lowest BCUT2D eigenvalue weighted by molar-refractivity contribution is 0.163. The summed E-state index contributed by atoms with van der Waals surface area (Å²) in [6.45, 7) is 4.69. The molecule has 3 rings (SSSR count). The lowest BCUT2D eigenvalue weighted by Gasteiger charge is -2.43. The minimum Gasteiger partial charge on any atom is -0.0579 e. The summed E-state index contributed by atoms with van der Waals surface area (Å²) in [6.07, 6.45) is 4.13. The molecule has 1 aromatic carbocycles. The van der Waals surface area contributed by atoms with Crippen LogP contribution in [0.1, 0.15) is 36.5 Å². The van der Waals surface area contributed by atoms with Crippen LogP contribution in [0.5, 0.6) is 0 Å². The van der Waals surface area contributed by atoms with Gasteiger partial charge in [0.15, 0.2) is 0 Å². The summed E-state index contributed by atoms with van der Waals surface area (Å²) in [7, 11) is 0. The van der Waals surface area contributed by atoms with E-state index in [1.54, 1.807) is 11.1 Å². The first-order chi connectivity index (χ1) is 6.63. The van der Waals surface area contributed by atoms with Crippen molar-refractivity contribution >= 4 is 15.9 Å². The van der Waals surface area contributed by atoms with Crippen molar-refractivity contribution < 1.29 is 0 Å². The van der Waals surface area contributed by atoms with Gasteiger partial charge in [-0.15, -0.1) is 0 Å². The van der Waals surface area contributed by atoms with Gasteiger partial charge in [0.2, 0.25) is 0 Å².